The first-order chi connectivity index (χ1) is 15.0. The summed E-state index contributed by atoms with van der Waals surface area (Å²) in [7, 11) is 3.46. The van der Waals surface area contributed by atoms with E-state index < -0.39 is 0 Å². The molecule has 6 heteroatoms. The molecule has 4 rings (SSSR count). The Morgan fingerprint density at radius 2 is 1.94 bits per heavy atom. The maximum absolute atomic E-state index is 5.54. The summed E-state index contributed by atoms with van der Waals surface area (Å²) in [6.07, 6.45) is 3.25. The number of nitrogens with zero attached hydrogens (tertiary/aromatic N) is 3. The molecule has 0 saturated carbocycles. The molecule has 0 aliphatic carbocycles. The lowest BCUT2D eigenvalue weighted by molar-refractivity contribution is 0.411. The number of rotatable bonds is 6. The molecule has 2 heterocycles. The highest BCUT2D eigenvalue weighted by Crippen LogP contribution is 2.47. The Hall–Kier alpha value is -2.60. The van der Waals surface area contributed by atoms with E-state index in [1.807, 2.05) is 16.4 Å². The number of benzene rings is 2. The number of hydrogen-bond acceptors (Lipinski definition) is 5. The van der Waals surface area contributed by atoms with Crippen molar-refractivity contribution in [2.24, 2.45) is 0 Å². The summed E-state index contributed by atoms with van der Waals surface area (Å²) >= 11 is 1.93. The SMILES string of the molecule is CCn1cc(CN2CCC(c3ccc(OC)c(C)c3)Sc3cc(OC)ccc32)c(C)n1. The first kappa shape index (κ1) is 21.6. The summed E-state index contributed by atoms with van der Waals surface area (Å²) in [5.41, 5.74) is 6.18. The second-order valence-corrected chi connectivity index (χ2v) is 9.22. The lowest BCUT2D eigenvalue weighted by Crippen LogP contribution is -2.24. The molecule has 0 fully saturated rings. The minimum absolute atomic E-state index is 0.375. The average molecular weight is 438 g/mol. The second-order valence-electron chi connectivity index (χ2n) is 7.97. The lowest BCUT2D eigenvalue weighted by Gasteiger charge is -2.24. The fourth-order valence-corrected chi connectivity index (χ4v) is 5.48. The first-order valence-electron chi connectivity index (χ1n) is 10.8. The Bertz CT molecular complexity index is 1060. The van der Waals surface area contributed by atoms with E-state index in [1.54, 1.807) is 14.2 Å². The maximum atomic E-state index is 5.54. The van der Waals surface area contributed by atoms with Crippen molar-refractivity contribution in [3.8, 4) is 11.5 Å². The summed E-state index contributed by atoms with van der Waals surface area (Å²) in [5.74, 6) is 1.84. The van der Waals surface area contributed by atoms with Crippen LogP contribution >= 0.6 is 11.8 Å². The molecular weight excluding hydrogens is 406 g/mol. The quantitative estimate of drug-likeness (QED) is 0.489. The van der Waals surface area contributed by atoms with E-state index in [1.165, 1.54) is 27.3 Å². The fraction of sp³-hybridized carbons (Fsp3) is 0.400. The first-order valence-corrected chi connectivity index (χ1v) is 11.7. The third-order valence-corrected chi connectivity index (χ3v) is 7.34. The van der Waals surface area contributed by atoms with Crippen LogP contribution in [0.3, 0.4) is 0 Å². The molecule has 164 valence electrons. The topological polar surface area (TPSA) is 39.5 Å². The van der Waals surface area contributed by atoms with Gasteiger partial charge in [0.15, 0.2) is 0 Å². The zero-order chi connectivity index (χ0) is 22.0. The molecule has 0 N–H and O–H groups in total. The van der Waals surface area contributed by atoms with Crippen molar-refractivity contribution < 1.29 is 9.47 Å². The van der Waals surface area contributed by atoms with Gasteiger partial charge in [0.25, 0.3) is 0 Å². The molecule has 2 aromatic carbocycles. The van der Waals surface area contributed by atoms with Crippen LogP contribution in [-0.4, -0.2) is 30.5 Å². The van der Waals surface area contributed by atoms with Crippen molar-refractivity contribution >= 4 is 17.4 Å². The van der Waals surface area contributed by atoms with Gasteiger partial charge in [0.1, 0.15) is 11.5 Å². The standard InChI is InChI=1S/C25H31N3O2S/c1-6-28-16-20(18(3)26-28)15-27-12-11-24(19-7-10-23(30-5)17(2)13-19)31-25-14-21(29-4)8-9-22(25)27/h7-10,13-14,16,24H,6,11-12,15H2,1-5H3. The van der Waals surface area contributed by atoms with Gasteiger partial charge in [-0.2, -0.15) is 5.10 Å². The Morgan fingerprint density at radius 3 is 2.61 bits per heavy atom. The van der Waals surface area contributed by atoms with Crippen LogP contribution in [0.5, 0.6) is 11.5 Å². The molecule has 0 radical (unpaired) electrons. The summed E-state index contributed by atoms with van der Waals surface area (Å²) < 4.78 is 13.0. The Morgan fingerprint density at radius 1 is 1.10 bits per heavy atom. The van der Waals surface area contributed by atoms with E-state index in [0.717, 1.165) is 43.2 Å². The van der Waals surface area contributed by atoms with Crippen LogP contribution in [0.15, 0.2) is 47.5 Å². The second kappa shape index (κ2) is 9.27. The zero-order valence-corrected chi connectivity index (χ0v) is 19.8. The highest BCUT2D eigenvalue weighted by Gasteiger charge is 2.25. The fourth-order valence-electron chi connectivity index (χ4n) is 4.17. The molecule has 0 bridgehead atoms. The van der Waals surface area contributed by atoms with Gasteiger partial charge >= 0.3 is 0 Å². The van der Waals surface area contributed by atoms with E-state index in [9.17, 15) is 0 Å². The van der Waals surface area contributed by atoms with Crippen LogP contribution in [-0.2, 0) is 13.1 Å². The third-order valence-electron chi connectivity index (χ3n) is 5.96. The van der Waals surface area contributed by atoms with Gasteiger partial charge in [-0.1, -0.05) is 12.1 Å². The molecular formula is C25H31N3O2S. The van der Waals surface area contributed by atoms with Gasteiger partial charge in [-0.05, 0) is 62.6 Å². The third kappa shape index (κ3) is 4.54. The van der Waals surface area contributed by atoms with Crippen molar-refractivity contribution in [3.63, 3.8) is 0 Å². The largest absolute Gasteiger partial charge is 0.497 e. The van der Waals surface area contributed by atoms with Crippen LogP contribution in [0.2, 0.25) is 0 Å². The lowest BCUT2D eigenvalue weighted by atomic mass is 10.1. The normalized spacial score (nSPS) is 16.0. The van der Waals surface area contributed by atoms with E-state index in [2.05, 4.69) is 73.4 Å². The number of methoxy groups -OCH3 is 2. The van der Waals surface area contributed by atoms with Crippen LogP contribution in [0.4, 0.5) is 5.69 Å². The van der Waals surface area contributed by atoms with Crippen molar-refractivity contribution in [2.75, 3.05) is 25.7 Å². The van der Waals surface area contributed by atoms with Gasteiger partial charge in [-0.15, -0.1) is 11.8 Å². The number of anilines is 1. The van der Waals surface area contributed by atoms with Crippen LogP contribution in [0.25, 0.3) is 0 Å². The number of aryl methyl sites for hydroxylation is 3. The zero-order valence-electron chi connectivity index (χ0n) is 19.0. The van der Waals surface area contributed by atoms with Crippen molar-refractivity contribution in [1.82, 2.24) is 9.78 Å². The molecule has 1 aliphatic rings. The Labute approximate surface area is 189 Å². The highest BCUT2D eigenvalue weighted by atomic mass is 32.2. The predicted octanol–water partition coefficient (Wildman–Crippen LogP) is 5.78. The van der Waals surface area contributed by atoms with Gasteiger partial charge in [0, 0.05) is 41.5 Å². The molecule has 1 aromatic heterocycles. The van der Waals surface area contributed by atoms with Gasteiger partial charge < -0.3 is 14.4 Å². The van der Waals surface area contributed by atoms with Gasteiger partial charge in [0.05, 0.1) is 25.6 Å². The average Bonchev–Trinajstić information content (AvgIpc) is 3.04. The summed E-state index contributed by atoms with van der Waals surface area (Å²) in [5, 5.41) is 5.02. The smallest absolute Gasteiger partial charge is 0.121 e. The van der Waals surface area contributed by atoms with Gasteiger partial charge in [-0.25, -0.2) is 0 Å². The number of ether oxygens (including phenoxy) is 2. The molecule has 5 nitrogen and oxygen atoms in total. The Balaban J connectivity index is 1.67. The Kier molecular flexibility index (Phi) is 6.46. The molecule has 1 unspecified atom stereocenters. The predicted molar refractivity (Wildman–Crippen MR) is 128 cm³/mol. The summed E-state index contributed by atoms with van der Waals surface area (Å²) in [6, 6.07) is 13.0. The van der Waals surface area contributed by atoms with Crippen molar-refractivity contribution in [1.29, 1.82) is 0 Å². The molecule has 0 amide bonds. The van der Waals surface area contributed by atoms with Gasteiger partial charge in [-0.3, -0.25) is 4.68 Å². The molecule has 0 spiro atoms. The van der Waals surface area contributed by atoms with Crippen LogP contribution in [0, 0.1) is 13.8 Å². The van der Waals surface area contributed by atoms with E-state index in [4.69, 9.17) is 9.47 Å². The van der Waals surface area contributed by atoms with E-state index >= 15 is 0 Å². The maximum Gasteiger partial charge on any atom is 0.121 e. The minimum Gasteiger partial charge on any atom is -0.497 e. The summed E-state index contributed by atoms with van der Waals surface area (Å²) in [6.45, 7) is 9.08. The molecule has 1 aliphatic heterocycles. The number of fused-ring (bicyclic) bond motifs is 1. The number of hydrogen-bond donors (Lipinski definition) is 0. The number of aromatic nitrogens is 2. The van der Waals surface area contributed by atoms with E-state index in [0.29, 0.717) is 5.25 Å². The molecule has 1 atom stereocenters. The van der Waals surface area contributed by atoms with Crippen molar-refractivity contribution in [2.45, 2.75) is 50.4 Å². The molecule has 3 aromatic rings. The van der Waals surface area contributed by atoms with Crippen molar-refractivity contribution in [3.05, 3.63) is 65.0 Å². The minimum atomic E-state index is 0.375. The molecule has 0 saturated heterocycles. The van der Waals surface area contributed by atoms with Crippen LogP contribution < -0.4 is 14.4 Å². The van der Waals surface area contributed by atoms with E-state index in [-0.39, 0.29) is 0 Å². The highest BCUT2D eigenvalue weighted by molar-refractivity contribution is 7.99. The number of thioether (sulfide) groups is 1. The van der Waals surface area contributed by atoms with Crippen LogP contribution in [0.1, 0.15) is 41.0 Å². The monoisotopic (exact) mass is 437 g/mol. The van der Waals surface area contributed by atoms with Gasteiger partial charge in [0.2, 0.25) is 0 Å². The summed E-state index contributed by atoms with van der Waals surface area (Å²) in [4.78, 5) is 3.75. The molecule has 31 heavy (non-hydrogen) atoms.